The van der Waals surface area contributed by atoms with Gasteiger partial charge in [-0.15, -0.1) is 12.6 Å². The summed E-state index contributed by atoms with van der Waals surface area (Å²) in [5, 5.41) is 2.35. The Balaban J connectivity index is 2.42. The summed E-state index contributed by atoms with van der Waals surface area (Å²) in [4.78, 5) is 47.1. The molecule has 0 spiro atoms. The summed E-state index contributed by atoms with van der Waals surface area (Å²) in [6, 6.07) is -0.421. The molecule has 1 aliphatic heterocycles. The fourth-order valence-electron chi connectivity index (χ4n) is 3.01. The summed E-state index contributed by atoms with van der Waals surface area (Å²) in [6.07, 6.45) is -3.84. The van der Waals surface area contributed by atoms with E-state index in [1.807, 2.05) is 0 Å². The Hall–Kier alpha value is -2.80. The molecule has 1 aromatic rings. The van der Waals surface area contributed by atoms with Crippen LogP contribution in [0.1, 0.15) is 31.1 Å². The summed E-state index contributed by atoms with van der Waals surface area (Å²) >= 11 is 4.18. The minimum Gasteiger partial charge on any atom is -0.463 e. The maximum Gasteiger partial charge on any atom is 0.303 e. The molecule has 1 fully saturated rings. The molecule has 1 aromatic carbocycles. The second-order valence-electron chi connectivity index (χ2n) is 6.77. The van der Waals surface area contributed by atoms with Crippen molar-refractivity contribution in [3.05, 3.63) is 35.1 Å². The molecule has 13 heteroatoms. The number of nitrogens with one attached hydrogen (secondary N) is 1. The van der Waals surface area contributed by atoms with E-state index in [0.717, 1.165) is 20.8 Å². The summed E-state index contributed by atoms with van der Waals surface area (Å²) < 4.78 is 61.1. The molecule has 1 amide bonds. The molecule has 176 valence electrons. The Bertz CT molecular complexity index is 892. The largest absolute Gasteiger partial charge is 0.463 e. The fourth-order valence-corrected chi connectivity index (χ4v) is 3.42. The van der Waals surface area contributed by atoms with Crippen LogP contribution in [-0.4, -0.2) is 60.2 Å². The Morgan fingerprint density at radius 2 is 1.50 bits per heavy atom. The van der Waals surface area contributed by atoms with Crippen molar-refractivity contribution < 1.29 is 51.3 Å². The van der Waals surface area contributed by atoms with E-state index in [1.54, 1.807) is 0 Å². The monoisotopic (exact) mass is 479 g/mol. The van der Waals surface area contributed by atoms with Crippen LogP contribution in [0, 0.1) is 17.5 Å². The van der Waals surface area contributed by atoms with Crippen LogP contribution in [0.2, 0.25) is 0 Å². The lowest BCUT2D eigenvalue weighted by atomic mass is 9.96. The summed E-state index contributed by atoms with van der Waals surface area (Å²) in [5.74, 6) is -8.36. The van der Waals surface area contributed by atoms with Gasteiger partial charge in [0.05, 0.1) is 0 Å². The first-order valence-electron chi connectivity index (χ1n) is 9.17. The third kappa shape index (κ3) is 6.36. The van der Waals surface area contributed by atoms with Crippen molar-refractivity contribution in [1.82, 2.24) is 5.32 Å². The van der Waals surface area contributed by atoms with Crippen LogP contribution in [0.5, 0.6) is 0 Å². The van der Waals surface area contributed by atoms with Crippen LogP contribution in [0.3, 0.4) is 0 Å². The number of rotatable bonds is 6. The van der Waals surface area contributed by atoms with Crippen LogP contribution in [0.4, 0.5) is 13.2 Å². The quantitative estimate of drug-likeness (QED) is 0.271. The number of carbonyl (C=O) groups excluding carboxylic acids is 4. The average Bonchev–Trinajstić information content (AvgIpc) is 2.68. The highest BCUT2D eigenvalue weighted by Crippen LogP contribution is 2.29. The molecule has 2 rings (SSSR count). The lowest BCUT2D eigenvalue weighted by molar-refractivity contribution is -0.203. The average molecular weight is 479 g/mol. The van der Waals surface area contributed by atoms with Gasteiger partial charge in [0, 0.05) is 26.3 Å². The normalized spacial score (nSPS) is 24.9. The third-order valence-corrected chi connectivity index (χ3v) is 4.68. The van der Waals surface area contributed by atoms with Gasteiger partial charge in [0.15, 0.2) is 29.7 Å². The number of esters is 3. The lowest BCUT2D eigenvalue weighted by Crippen LogP contribution is -2.65. The molecule has 5 atom stereocenters. The van der Waals surface area contributed by atoms with Gasteiger partial charge in [-0.1, -0.05) is 0 Å². The standard InChI is InChI=1S/C19H20F3NO8S/c1-7(24)28-6-13-16(29-8(2)25)15(17(19(32)31-13)30-9(3)26)23-18(27)10-4-11(20)14(22)12(21)5-10/h4-5,13,15-17,19,32H,6H2,1-3H3,(H,23,27)/t13?,15?,16-,17?,19+/m0/s1. The minimum absolute atomic E-state index is 0.413. The first-order chi connectivity index (χ1) is 14.9. The zero-order valence-electron chi connectivity index (χ0n) is 17.1. The number of carbonyl (C=O) groups is 4. The molecule has 0 aliphatic carbocycles. The Morgan fingerprint density at radius 3 is 2.00 bits per heavy atom. The molecule has 1 saturated heterocycles. The van der Waals surface area contributed by atoms with Crippen molar-refractivity contribution in [3.8, 4) is 0 Å². The summed E-state index contributed by atoms with van der Waals surface area (Å²) in [5.41, 5.74) is -1.78. The van der Waals surface area contributed by atoms with E-state index in [-0.39, 0.29) is 0 Å². The van der Waals surface area contributed by atoms with Crippen LogP contribution in [0.15, 0.2) is 12.1 Å². The zero-order chi connectivity index (χ0) is 24.2. The molecule has 0 saturated carbocycles. The number of halogens is 3. The fraction of sp³-hybridized carbons (Fsp3) is 0.474. The number of thiol groups is 1. The summed E-state index contributed by atoms with van der Waals surface area (Å²) in [6.45, 7) is 2.83. The first kappa shape index (κ1) is 25.5. The van der Waals surface area contributed by atoms with E-state index >= 15 is 0 Å². The molecule has 1 heterocycles. The highest BCUT2D eigenvalue weighted by atomic mass is 32.1. The molecule has 32 heavy (non-hydrogen) atoms. The molecule has 0 aromatic heterocycles. The number of amides is 1. The van der Waals surface area contributed by atoms with Crippen molar-refractivity contribution >= 4 is 36.4 Å². The van der Waals surface area contributed by atoms with Gasteiger partial charge in [-0.3, -0.25) is 19.2 Å². The van der Waals surface area contributed by atoms with E-state index in [9.17, 15) is 32.3 Å². The van der Waals surface area contributed by atoms with Crippen molar-refractivity contribution in [3.63, 3.8) is 0 Å². The van der Waals surface area contributed by atoms with E-state index in [0.29, 0.717) is 12.1 Å². The lowest BCUT2D eigenvalue weighted by Gasteiger charge is -2.44. The van der Waals surface area contributed by atoms with Gasteiger partial charge in [0.1, 0.15) is 24.2 Å². The van der Waals surface area contributed by atoms with Gasteiger partial charge in [-0.05, 0) is 12.1 Å². The Morgan fingerprint density at radius 1 is 0.969 bits per heavy atom. The molecule has 0 radical (unpaired) electrons. The second kappa shape index (κ2) is 10.7. The van der Waals surface area contributed by atoms with Crippen LogP contribution < -0.4 is 5.32 Å². The van der Waals surface area contributed by atoms with E-state index < -0.39 is 83.2 Å². The SMILES string of the molecule is CC(=O)OCC1O[C@H](S)C(OC(C)=O)C(NC(=O)c2cc(F)c(F)c(F)c2)[C@H]1OC(C)=O. The first-order valence-corrected chi connectivity index (χ1v) is 9.69. The smallest absolute Gasteiger partial charge is 0.303 e. The number of hydrogen-bond donors (Lipinski definition) is 2. The molecule has 1 N–H and O–H groups in total. The maximum absolute atomic E-state index is 13.6. The van der Waals surface area contributed by atoms with Crippen molar-refractivity contribution in [2.45, 2.75) is 50.6 Å². The Kier molecular flexibility index (Phi) is 8.50. The highest BCUT2D eigenvalue weighted by Gasteiger charge is 2.49. The predicted octanol–water partition coefficient (Wildman–Crippen LogP) is 1.28. The molecular formula is C19H20F3NO8S. The van der Waals surface area contributed by atoms with Crippen molar-refractivity contribution in [2.24, 2.45) is 0 Å². The topological polar surface area (TPSA) is 117 Å². The van der Waals surface area contributed by atoms with Gasteiger partial charge in [-0.2, -0.15) is 0 Å². The summed E-state index contributed by atoms with van der Waals surface area (Å²) in [7, 11) is 0. The molecule has 0 bridgehead atoms. The Labute approximate surface area is 185 Å². The van der Waals surface area contributed by atoms with Gasteiger partial charge in [0.25, 0.3) is 5.91 Å². The van der Waals surface area contributed by atoms with E-state index in [4.69, 9.17) is 18.9 Å². The van der Waals surface area contributed by atoms with Gasteiger partial charge >= 0.3 is 17.9 Å². The van der Waals surface area contributed by atoms with Crippen LogP contribution in [-0.2, 0) is 33.3 Å². The van der Waals surface area contributed by atoms with Crippen LogP contribution >= 0.6 is 12.6 Å². The second-order valence-corrected chi connectivity index (χ2v) is 7.28. The molecule has 3 unspecified atom stereocenters. The van der Waals surface area contributed by atoms with Crippen molar-refractivity contribution in [2.75, 3.05) is 6.61 Å². The number of hydrogen-bond acceptors (Lipinski definition) is 9. The van der Waals surface area contributed by atoms with Gasteiger partial charge < -0.3 is 24.3 Å². The number of benzene rings is 1. The third-order valence-electron chi connectivity index (χ3n) is 4.27. The minimum atomic E-state index is -1.76. The van der Waals surface area contributed by atoms with Crippen LogP contribution in [0.25, 0.3) is 0 Å². The highest BCUT2D eigenvalue weighted by molar-refractivity contribution is 7.80. The maximum atomic E-state index is 13.6. The zero-order valence-corrected chi connectivity index (χ0v) is 18.0. The molecular weight excluding hydrogens is 459 g/mol. The predicted molar refractivity (Wildman–Crippen MR) is 103 cm³/mol. The van der Waals surface area contributed by atoms with E-state index in [2.05, 4.69) is 17.9 Å². The molecule has 1 aliphatic rings. The van der Waals surface area contributed by atoms with Gasteiger partial charge in [0.2, 0.25) is 0 Å². The molecule has 9 nitrogen and oxygen atoms in total. The van der Waals surface area contributed by atoms with Crippen molar-refractivity contribution in [1.29, 1.82) is 0 Å². The number of ether oxygens (including phenoxy) is 4. The van der Waals surface area contributed by atoms with Gasteiger partial charge in [-0.25, -0.2) is 13.2 Å². The van der Waals surface area contributed by atoms with E-state index in [1.165, 1.54) is 0 Å².